The largest absolute Gasteiger partial charge is 0.454 e. The van der Waals surface area contributed by atoms with E-state index in [1.807, 2.05) is 73.8 Å². The molecular weight excluding hydrogens is 394 g/mol. The Hall–Kier alpha value is -2.60. The van der Waals surface area contributed by atoms with Gasteiger partial charge in [-0.25, -0.2) is 4.98 Å². The van der Waals surface area contributed by atoms with Crippen molar-refractivity contribution in [2.45, 2.75) is 26.4 Å². The molecule has 0 saturated heterocycles. The van der Waals surface area contributed by atoms with Crippen LogP contribution in [0.5, 0.6) is 0 Å². The SMILES string of the molecule is CC(C)(C)ON=c1cc(-c2cc3cccn3cn2)oc2ccc(Br)cc12. The van der Waals surface area contributed by atoms with E-state index in [1.54, 1.807) is 6.33 Å². The van der Waals surface area contributed by atoms with Crippen LogP contribution < -0.4 is 5.36 Å². The van der Waals surface area contributed by atoms with E-state index in [9.17, 15) is 0 Å². The first kappa shape index (κ1) is 16.8. The third-order valence-corrected chi connectivity index (χ3v) is 4.29. The highest BCUT2D eigenvalue weighted by atomic mass is 79.9. The van der Waals surface area contributed by atoms with Crippen LogP contribution in [0.4, 0.5) is 0 Å². The molecule has 0 fully saturated rings. The molecule has 4 aromatic rings. The number of hydrogen-bond acceptors (Lipinski definition) is 4. The Kier molecular flexibility index (Phi) is 4.07. The van der Waals surface area contributed by atoms with E-state index in [0.29, 0.717) is 11.1 Å². The predicted octanol–water partition coefficient (Wildman–Crippen LogP) is 5.14. The Labute approximate surface area is 159 Å². The van der Waals surface area contributed by atoms with Gasteiger partial charge in [0.15, 0.2) is 5.76 Å². The highest BCUT2D eigenvalue weighted by Crippen LogP contribution is 2.24. The van der Waals surface area contributed by atoms with Crippen LogP contribution in [0.2, 0.25) is 0 Å². The van der Waals surface area contributed by atoms with Crippen LogP contribution in [-0.2, 0) is 4.84 Å². The maximum absolute atomic E-state index is 6.09. The molecule has 6 heteroatoms. The van der Waals surface area contributed by atoms with Gasteiger partial charge in [0, 0.05) is 27.6 Å². The van der Waals surface area contributed by atoms with Gasteiger partial charge in [-0.15, -0.1) is 0 Å². The fourth-order valence-electron chi connectivity index (χ4n) is 2.60. The van der Waals surface area contributed by atoms with Crippen LogP contribution >= 0.6 is 15.9 Å². The van der Waals surface area contributed by atoms with Gasteiger partial charge >= 0.3 is 0 Å². The Bertz CT molecular complexity index is 1170. The fraction of sp³-hybridized carbons (Fsp3) is 0.200. The summed E-state index contributed by atoms with van der Waals surface area (Å²) in [7, 11) is 0. The zero-order valence-electron chi connectivity index (χ0n) is 14.7. The van der Waals surface area contributed by atoms with E-state index in [2.05, 4.69) is 26.1 Å². The van der Waals surface area contributed by atoms with Crippen molar-refractivity contribution in [3.05, 3.63) is 64.8 Å². The minimum Gasteiger partial charge on any atom is -0.454 e. The molecule has 0 aliphatic carbocycles. The lowest BCUT2D eigenvalue weighted by Gasteiger charge is -2.15. The van der Waals surface area contributed by atoms with E-state index in [0.717, 1.165) is 26.7 Å². The predicted molar refractivity (Wildman–Crippen MR) is 105 cm³/mol. The van der Waals surface area contributed by atoms with Crippen molar-refractivity contribution in [3.63, 3.8) is 0 Å². The molecule has 0 spiro atoms. The van der Waals surface area contributed by atoms with Crippen LogP contribution in [0.15, 0.2) is 69.0 Å². The van der Waals surface area contributed by atoms with E-state index in [1.165, 1.54) is 0 Å². The molecule has 4 rings (SSSR count). The molecule has 0 bridgehead atoms. The third-order valence-electron chi connectivity index (χ3n) is 3.79. The van der Waals surface area contributed by atoms with Gasteiger partial charge in [0.05, 0.1) is 6.33 Å². The second kappa shape index (κ2) is 6.29. The van der Waals surface area contributed by atoms with E-state index in [4.69, 9.17) is 9.25 Å². The van der Waals surface area contributed by atoms with Gasteiger partial charge in [-0.2, -0.15) is 0 Å². The summed E-state index contributed by atoms with van der Waals surface area (Å²) in [6, 6.07) is 13.7. The minimum absolute atomic E-state index is 0.380. The molecular formula is C20H18BrN3O2. The Balaban J connectivity index is 1.94. The number of benzene rings is 1. The second-order valence-corrected chi connectivity index (χ2v) is 7.96. The van der Waals surface area contributed by atoms with Crippen LogP contribution in [0, 0.1) is 0 Å². The number of nitrogens with zero attached hydrogens (tertiary/aromatic N) is 3. The first-order valence-corrected chi connectivity index (χ1v) is 9.07. The highest BCUT2D eigenvalue weighted by molar-refractivity contribution is 9.10. The van der Waals surface area contributed by atoms with Gasteiger partial charge in [-0.3, -0.25) is 0 Å². The van der Waals surface area contributed by atoms with Crippen molar-refractivity contribution in [2.24, 2.45) is 5.16 Å². The summed E-state index contributed by atoms with van der Waals surface area (Å²) >= 11 is 3.50. The van der Waals surface area contributed by atoms with Gasteiger partial charge in [0.25, 0.3) is 0 Å². The summed E-state index contributed by atoms with van der Waals surface area (Å²) in [6.45, 7) is 5.89. The number of halogens is 1. The Morgan fingerprint density at radius 2 is 2.00 bits per heavy atom. The number of fused-ring (bicyclic) bond motifs is 2. The molecule has 132 valence electrons. The molecule has 0 radical (unpaired) electrons. The zero-order chi connectivity index (χ0) is 18.3. The molecule has 3 aromatic heterocycles. The summed E-state index contributed by atoms with van der Waals surface area (Å²) < 4.78 is 9.00. The van der Waals surface area contributed by atoms with Gasteiger partial charge in [-0.05, 0) is 57.2 Å². The lowest BCUT2D eigenvalue weighted by molar-refractivity contribution is -0.00585. The molecule has 0 amide bonds. The van der Waals surface area contributed by atoms with Crippen molar-refractivity contribution >= 4 is 32.4 Å². The minimum atomic E-state index is -0.380. The van der Waals surface area contributed by atoms with Crippen LogP contribution in [0.25, 0.3) is 27.9 Å². The van der Waals surface area contributed by atoms with Crippen molar-refractivity contribution < 1.29 is 9.25 Å². The van der Waals surface area contributed by atoms with Crippen molar-refractivity contribution in [1.82, 2.24) is 9.38 Å². The van der Waals surface area contributed by atoms with Crippen molar-refractivity contribution in [3.8, 4) is 11.5 Å². The molecule has 0 unspecified atom stereocenters. The first-order valence-electron chi connectivity index (χ1n) is 8.28. The fourth-order valence-corrected chi connectivity index (χ4v) is 2.96. The summed E-state index contributed by atoms with van der Waals surface area (Å²) in [6.07, 6.45) is 3.73. The first-order chi connectivity index (χ1) is 12.4. The van der Waals surface area contributed by atoms with Gasteiger partial charge in [-0.1, -0.05) is 21.1 Å². The molecule has 0 aliphatic heterocycles. The lowest BCUT2D eigenvalue weighted by atomic mass is 10.2. The Morgan fingerprint density at radius 1 is 1.15 bits per heavy atom. The quantitative estimate of drug-likeness (QED) is 0.429. The van der Waals surface area contributed by atoms with Crippen LogP contribution in [0.1, 0.15) is 20.8 Å². The van der Waals surface area contributed by atoms with Crippen molar-refractivity contribution in [1.29, 1.82) is 0 Å². The molecule has 0 aliphatic rings. The number of rotatable bonds is 2. The van der Waals surface area contributed by atoms with Gasteiger partial charge < -0.3 is 13.7 Å². The summed E-state index contributed by atoms with van der Waals surface area (Å²) in [5.41, 5.74) is 2.13. The summed E-state index contributed by atoms with van der Waals surface area (Å²) in [4.78, 5) is 10.2. The second-order valence-electron chi connectivity index (χ2n) is 7.05. The molecule has 0 saturated carbocycles. The van der Waals surface area contributed by atoms with Crippen LogP contribution in [0.3, 0.4) is 0 Å². The average molecular weight is 412 g/mol. The number of hydrogen-bond donors (Lipinski definition) is 0. The topological polar surface area (TPSA) is 52.0 Å². The zero-order valence-corrected chi connectivity index (χ0v) is 16.3. The third kappa shape index (κ3) is 3.37. The molecule has 3 heterocycles. The Morgan fingerprint density at radius 3 is 2.81 bits per heavy atom. The number of aromatic nitrogens is 2. The maximum atomic E-state index is 6.09. The van der Waals surface area contributed by atoms with E-state index >= 15 is 0 Å². The average Bonchev–Trinajstić information content (AvgIpc) is 3.06. The standard InChI is InChI=1S/C20H18BrN3O2/c1-20(2,3)26-23-16-11-19(25-18-7-6-13(21)9-15(16)18)17-10-14-5-4-8-24(14)12-22-17/h4-12H,1-3H3. The smallest absolute Gasteiger partial charge is 0.155 e. The molecule has 0 N–H and O–H groups in total. The monoisotopic (exact) mass is 411 g/mol. The molecule has 0 atom stereocenters. The molecule has 1 aromatic carbocycles. The normalized spacial score (nSPS) is 12.8. The van der Waals surface area contributed by atoms with Crippen LogP contribution in [-0.4, -0.2) is 15.0 Å². The van der Waals surface area contributed by atoms with Gasteiger partial charge in [0.1, 0.15) is 22.2 Å². The van der Waals surface area contributed by atoms with E-state index < -0.39 is 0 Å². The molecule has 26 heavy (non-hydrogen) atoms. The maximum Gasteiger partial charge on any atom is 0.155 e. The highest BCUT2D eigenvalue weighted by Gasteiger charge is 2.12. The lowest BCUT2D eigenvalue weighted by Crippen LogP contribution is -2.18. The summed E-state index contributed by atoms with van der Waals surface area (Å²) in [5, 5.41) is 5.95. The van der Waals surface area contributed by atoms with Gasteiger partial charge in [0.2, 0.25) is 0 Å². The summed E-state index contributed by atoms with van der Waals surface area (Å²) in [5.74, 6) is 0.639. The van der Waals surface area contributed by atoms with E-state index in [-0.39, 0.29) is 5.60 Å². The molecule has 5 nitrogen and oxygen atoms in total. The van der Waals surface area contributed by atoms with Crippen molar-refractivity contribution in [2.75, 3.05) is 0 Å².